The van der Waals surface area contributed by atoms with E-state index in [1.807, 2.05) is 114 Å². The molecule has 3 aliphatic carbocycles. The Morgan fingerprint density at radius 3 is 2.20 bits per heavy atom. The lowest BCUT2D eigenvalue weighted by molar-refractivity contribution is -0.151. The third-order valence-electron chi connectivity index (χ3n) is 12.1. The van der Waals surface area contributed by atoms with Crippen LogP contribution in [0.25, 0.3) is 6.08 Å². The van der Waals surface area contributed by atoms with Crippen molar-refractivity contribution in [2.45, 2.75) is 76.6 Å². The molecule has 3 aliphatic rings. The summed E-state index contributed by atoms with van der Waals surface area (Å²) in [5.74, 6) is -4.97. The van der Waals surface area contributed by atoms with Gasteiger partial charge in [-0.3, -0.25) is 19.3 Å². The number of nitrogens with zero attached hydrogens (tertiary/aromatic N) is 2. The van der Waals surface area contributed by atoms with Crippen molar-refractivity contribution in [3.05, 3.63) is 118 Å². The Bertz CT molecular complexity index is 2180. The summed E-state index contributed by atoms with van der Waals surface area (Å²) >= 11 is 0. The van der Waals surface area contributed by atoms with Crippen LogP contribution in [-0.2, 0) is 28.9 Å². The first-order valence-corrected chi connectivity index (χ1v) is 22.0. The van der Waals surface area contributed by atoms with Crippen molar-refractivity contribution in [2.75, 3.05) is 20.7 Å². The molecule has 1 unspecified atom stereocenters. The van der Waals surface area contributed by atoms with E-state index in [1.54, 1.807) is 0 Å². The highest BCUT2D eigenvalue weighted by Gasteiger charge is 2.70. The van der Waals surface area contributed by atoms with E-state index >= 15 is 18.8 Å². The zero-order valence-electron chi connectivity index (χ0n) is 32.9. The van der Waals surface area contributed by atoms with Crippen LogP contribution >= 0.6 is 0 Å². The van der Waals surface area contributed by atoms with Gasteiger partial charge in [0.2, 0.25) is 5.78 Å². The van der Waals surface area contributed by atoms with Gasteiger partial charge in [-0.15, -0.1) is 0 Å². The Morgan fingerprint density at radius 1 is 0.982 bits per heavy atom. The largest absolute Gasteiger partial charge is 0.488 e. The quantitative estimate of drug-likeness (QED) is 0.119. The van der Waals surface area contributed by atoms with Crippen LogP contribution in [0.5, 0.6) is 11.6 Å². The molecule has 7 rings (SSSR count). The van der Waals surface area contributed by atoms with E-state index in [1.165, 1.54) is 18.2 Å². The number of carbonyl (C=O) groups excluding carboxylic acids is 3. The van der Waals surface area contributed by atoms with E-state index in [0.717, 1.165) is 11.1 Å². The van der Waals surface area contributed by atoms with Gasteiger partial charge in [0.05, 0.1) is 24.1 Å². The van der Waals surface area contributed by atoms with Gasteiger partial charge in [0, 0.05) is 17.0 Å². The molecule has 0 spiro atoms. The molecular weight excluding hydrogens is 732 g/mol. The van der Waals surface area contributed by atoms with Crippen LogP contribution in [0.4, 0.5) is 4.39 Å². The predicted octanol–water partition coefficient (Wildman–Crippen LogP) is 7.80. The molecule has 3 aromatic carbocycles. The first-order valence-electron chi connectivity index (χ1n) is 19.1. The summed E-state index contributed by atoms with van der Waals surface area (Å²) < 4.78 is 41.9. The van der Waals surface area contributed by atoms with E-state index in [0.29, 0.717) is 0 Å². The minimum atomic E-state index is -2.97. The summed E-state index contributed by atoms with van der Waals surface area (Å²) in [6, 6.07) is 19.4. The molecular formula is C44H49FN2O8Si. The second kappa shape index (κ2) is 15.0. The van der Waals surface area contributed by atoms with Crippen molar-refractivity contribution < 1.29 is 42.3 Å². The van der Waals surface area contributed by atoms with E-state index in [2.05, 4.69) is 5.16 Å². The number of rotatable bonds is 11. The zero-order chi connectivity index (χ0) is 40.2. The fourth-order valence-corrected chi connectivity index (χ4v) is 9.85. The van der Waals surface area contributed by atoms with Gasteiger partial charge in [0.15, 0.2) is 31.2 Å². The normalized spacial score (nSPS) is 23.5. The van der Waals surface area contributed by atoms with Crippen molar-refractivity contribution >= 4 is 31.7 Å². The van der Waals surface area contributed by atoms with Gasteiger partial charge in [0.25, 0.3) is 5.88 Å². The molecule has 0 radical (unpaired) electrons. The zero-order valence-corrected chi connectivity index (χ0v) is 33.9. The van der Waals surface area contributed by atoms with Crippen molar-refractivity contribution in [3.63, 3.8) is 0 Å². The Morgan fingerprint density at radius 2 is 1.61 bits per heavy atom. The highest BCUT2D eigenvalue weighted by Crippen LogP contribution is 2.59. The van der Waals surface area contributed by atoms with Crippen LogP contribution in [0, 0.1) is 23.6 Å². The smallest absolute Gasteiger partial charge is 0.265 e. The molecule has 0 aliphatic heterocycles. The third kappa shape index (κ3) is 6.65. The second-order valence-electron chi connectivity index (χ2n) is 16.8. The van der Waals surface area contributed by atoms with Crippen LogP contribution < -0.4 is 9.47 Å². The molecule has 1 heterocycles. The summed E-state index contributed by atoms with van der Waals surface area (Å²) in [4.78, 5) is 48.2. The molecule has 1 saturated carbocycles. The maximum atomic E-state index is 16.2. The molecule has 1 aromatic heterocycles. The highest BCUT2D eigenvalue weighted by atomic mass is 28.4. The average Bonchev–Trinajstić information content (AvgIpc) is 3.57. The predicted molar refractivity (Wildman–Crippen MR) is 210 cm³/mol. The minimum absolute atomic E-state index is 0.0272. The maximum Gasteiger partial charge on any atom is 0.265 e. The van der Waals surface area contributed by atoms with Gasteiger partial charge < -0.3 is 23.5 Å². The molecule has 5 atom stereocenters. The lowest BCUT2D eigenvalue weighted by atomic mass is 9.54. The Labute approximate surface area is 327 Å². The number of aliphatic hydroxyl groups is 1. The van der Waals surface area contributed by atoms with Crippen molar-refractivity contribution in [3.8, 4) is 11.6 Å². The van der Waals surface area contributed by atoms with Crippen molar-refractivity contribution in [1.29, 1.82) is 0 Å². The molecule has 1 fully saturated rings. The number of ketones is 3. The van der Waals surface area contributed by atoms with Crippen molar-refractivity contribution in [2.24, 2.45) is 17.8 Å². The maximum absolute atomic E-state index is 16.2. The number of aromatic nitrogens is 1. The number of fused-ring (bicyclic) bond motifs is 4. The molecule has 0 saturated heterocycles. The number of aliphatic hydroxyl groups excluding tert-OH is 1. The van der Waals surface area contributed by atoms with Gasteiger partial charge in [-0.05, 0) is 73.3 Å². The fraction of sp³-hybridized carbons (Fsp3) is 0.409. The first-order chi connectivity index (χ1) is 26.6. The lowest BCUT2D eigenvalue weighted by Crippen LogP contribution is -2.70. The SMILES string of the molecule is CN(C)[C@@H]1c2onc(OCc3ccccc3)c2C(=O)[C@@]2(O[Si](C)(C)C(C)(C)C)C(=O)C3C(=O)c4c(c(F)cc(C=CCO)c4OCc4ccccc4)C[C@H]3C[C@@H]12. The van der Waals surface area contributed by atoms with Gasteiger partial charge in [-0.25, -0.2) is 4.39 Å². The van der Waals surface area contributed by atoms with Gasteiger partial charge in [-0.2, -0.15) is 0 Å². The molecule has 4 aromatic rings. The van der Waals surface area contributed by atoms with Gasteiger partial charge in [-0.1, -0.05) is 93.6 Å². The number of ether oxygens (including phenoxy) is 2. The number of benzene rings is 3. The standard InChI is InChI=1S/C44H49FN2O8Si/c1-43(2,3)56(6,7)55-44-31(36(47(4)5)39-35(41(44)51)42(46-54-39)53-25-27-17-12-9-13-18-27)22-29-21-30-32(45)23-28(19-14-20-48)38(34(30)37(49)33(29)40(44)50)52-24-26-15-10-8-11-16-26/h8-19,23,29,31,33,36,48H,20-22,24-25H2,1-7H3/t29-,31-,33?,36-,44-/m0/s1. The van der Waals surface area contributed by atoms with Crippen LogP contribution in [-0.4, -0.2) is 67.1 Å². The van der Waals surface area contributed by atoms with Crippen LogP contribution in [0.3, 0.4) is 0 Å². The summed E-state index contributed by atoms with van der Waals surface area (Å²) in [7, 11) is 0.702. The summed E-state index contributed by atoms with van der Waals surface area (Å²) in [6.07, 6.45) is 3.18. The molecule has 12 heteroatoms. The van der Waals surface area contributed by atoms with E-state index in [9.17, 15) is 5.11 Å². The van der Waals surface area contributed by atoms with E-state index in [-0.39, 0.29) is 72.3 Å². The Kier molecular flexibility index (Phi) is 10.5. The molecule has 294 valence electrons. The summed E-state index contributed by atoms with van der Waals surface area (Å²) in [6.45, 7) is 9.89. The first kappa shape index (κ1) is 39.5. The molecule has 1 N–H and O–H groups in total. The van der Waals surface area contributed by atoms with Crippen LogP contribution in [0.1, 0.15) is 82.0 Å². The van der Waals surface area contributed by atoms with Crippen molar-refractivity contribution in [1.82, 2.24) is 10.1 Å². The van der Waals surface area contributed by atoms with Gasteiger partial charge in [0.1, 0.15) is 30.3 Å². The third-order valence-corrected chi connectivity index (χ3v) is 16.5. The number of hydrogen-bond donors (Lipinski definition) is 1. The van der Waals surface area contributed by atoms with Gasteiger partial charge >= 0.3 is 0 Å². The van der Waals surface area contributed by atoms with Crippen LogP contribution in [0.2, 0.25) is 18.1 Å². The Balaban J connectivity index is 1.39. The second-order valence-corrected chi connectivity index (χ2v) is 21.6. The molecule has 10 nitrogen and oxygen atoms in total. The topological polar surface area (TPSA) is 128 Å². The summed E-state index contributed by atoms with van der Waals surface area (Å²) in [5, 5.41) is 13.4. The lowest BCUT2D eigenvalue weighted by Gasteiger charge is -2.56. The molecule has 0 bridgehead atoms. The number of halogens is 1. The fourth-order valence-electron chi connectivity index (χ4n) is 8.39. The Hall–Kier alpha value is -4.75. The number of hydrogen-bond acceptors (Lipinski definition) is 10. The highest BCUT2D eigenvalue weighted by molar-refractivity contribution is 6.74. The van der Waals surface area contributed by atoms with E-state index < -0.39 is 65.9 Å². The summed E-state index contributed by atoms with van der Waals surface area (Å²) in [5.41, 5.74) is -0.0321. The average molecular weight is 781 g/mol. The minimum Gasteiger partial charge on any atom is -0.488 e. The van der Waals surface area contributed by atoms with Crippen LogP contribution in [0.15, 0.2) is 77.3 Å². The molecule has 0 amide bonds. The monoisotopic (exact) mass is 780 g/mol. The molecule has 56 heavy (non-hydrogen) atoms. The number of Topliss-reactive ketones (excluding diaryl/α,β-unsaturated/α-hetero) is 3. The van der Waals surface area contributed by atoms with E-state index in [4.69, 9.17) is 18.4 Å². The number of carbonyl (C=O) groups is 3.